The van der Waals surface area contributed by atoms with Crippen molar-refractivity contribution in [3.63, 3.8) is 0 Å². The maximum atomic E-state index is 10.6. The van der Waals surface area contributed by atoms with E-state index in [2.05, 4.69) is 15.3 Å². The van der Waals surface area contributed by atoms with E-state index in [0.29, 0.717) is 11.2 Å². The van der Waals surface area contributed by atoms with Gasteiger partial charge in [-0.3, -0.25) is 10.1 Å². The lowest BCUT2D eigenvalue weighted by Gasteiger charge is -1.99. The van der Waals surface area contributed by atoms with Gasteiger partial charge in [0.1, 0.15) is 5.52 Å². The van der Waals surface area contributed by atoms with Gasteiger partial charge in [-0.25, -0.2) is 4.99 Å². The fourth-order valence-electron chi connectivity index (χ4n) is 1.81. The Bertz CT molecular complexity index is 841. The topological polar surface area (TPSA) is 86.2 Å². The molecule has 0 fully saturated rings. The van der Waals surface area contributed by atoms with E-state index in [1.54, 1.807) is 0 Å². The molecule has 0 saturated heterocycles. The molecule has 0 radical (unpaired) electrons. The molecule has 3 rings (SSSR count). The second kappa shape index (κ2) is 5.29. The number of aliphatic imine (C=N–C) groups is 1. The summed E-state index contributed by atoms with van der Waals surface area (Å²) < 4.78 is 1.40. The van der Waals surface area contributed by atoms with Gasteiger partial charge >= 0.3 is 0 Å². The Balaban J connectivity index is 1.97. The molecule has 0 bridgehead atoms. The minimum Gasteiger partial charge on any atom is -0.258 e. The molecular formula is C13H8ClN5O2. The van der Waals surface area contributed by atoms with Crippen molar-refractivity contribution >= 4 is 39.3 Å². The second-order valence-corrected chi connectivity index (χ2v) is 4.48. The van der Waals surface area contributed by atoms with Crippen molar-refractivity contribution in [3.05, 3.63) is 58.6 Å². The summed E-state index contributed by atoms with van der Waals surface area (Å²) in [5.41, 5.74) is 1.92. The number of rotatable bonds is 2. The van der Waals surface area contributed by atoms with Crippen LogP contribution >= 0.6 is 11.6 Å². The number of fused-ring (bicyclic) bond motifs is 1. The summed E-state index contributed by atoms with van der Waals surface area (Å²) in [6.07, 6.45) is 0. The minimum absolute atomic E-state index is 0.00345. The number of halogens is 1. The van der Waals surface area contributed by atoms with Crippen molar-refractivity contribution < 1.29 is 4.92 Å². The van der Waals surface area contributed by atoms with Gasteiger partial charge in [0.2, 0.25) is 5.29 Å². The molecule has 0 aliphatic heterocycles. The van der Waals surface area contributed by atoms with Gasteiger partial charge in [-0.05, 0) is 35.9 Å². The van der Waals surface area contributed by atoms with Crippen LogP contribution in [-0.4, -0.2) is 25.2 Å². The highest BCUT2D eigenvalue weighted by Crippen LogP contribution is 2.19. The number of aromatic nitrogens is 3. The standard InChI is InChI=1S/C13H8ClN5O2/c14-13(15-9-5-7-10(8-6-9)19(20)21)18-12-4-2-1-3-11(12)16-17-18/h1-8H. The predicted octanol–water partition coefficient (Wildman–Crippen LogP) is 3.11. The van der Waals surface area contributed by atoms with Gasteiger partial charge in [-0.15, -0.1) is 5.10 Å². The normalized spacial score (nSPS) is 11.8. The number of non-ortho nitro benzene ring substituents is 1. The van der Waals surface area contributed by atoms with Crippen LogP contribution in [0.2, 0.25) is 0 Å². The third kappa shape index (κ3) is 2.59. The zero-order chi connectivity index (χ0) is 14.8. The Morgan fingerprint density at radius 1 is 1.19 bits per heavy atom. The molecule has 21 heavy (non-hydrogen) atoms. The summed E-state index contributed by atoms with van der Waals surface area (Å²) in [4.78, 5) is 14.3. The quantitative estimate of drug-likeness (QED) is 0.315. The number of nitrogens with zero attached hydrogens (tertiary/aromatic N) is 5. The van der Waals surface area contributed by atoms with Crippen molar-refractivity contribution in [1.82, 2.24) is 15.0 Å². The maximum absolute atomic E-state index is 10.6. The summed E-state index contributed by atoms with van der Waals surface area (Å²) >= 11 is 6.14. The van der Waals surface area contributed by atoms with Crippen LogP contribution < -0.4 is 0 Å². The largest absolute Gasteiger partial charge is 0.269 e. The monoisotopic (exact) mass is 301 g/mol. The first-order chi connectivity index (χ1) is 10.1. The number of nitro benzene ring substituents is 1. The Morgan fingerprint density at radius 3 is 2.62 bits per heavy atom. The molecule has 0 aliphatic rings. The molecule has 3 aromatic rings. The lowest BCUT2D eigenvalue weighted by atomic mass is 10.3. The zero-order valence-corrected chi connectivity index (χ0v) is 11.3. The van der Waals surface area contributed by atoms with Crippen LogP contribution in [0.5, 0.6) is 0 Å². The molecule has 0 unspecified atom stereocenters. The van der Waals surface area contributed by atoms with E-state index in [-0.39, 0.29) is 11.0 Å². The molecule has 0 amide bonds. The number of nitro groups is 1. The van der Waals surface area contributed by atoms with Crippen LogP contribution in [0.25, 0.3) is 11.0 Å². The third-order valence-corrected chi connectivity index (χ3v) is 3.05. The summed E-state index contributed by atoms with van der Waals surface area (Å²) in [5, 5.41) is 18.6. The SMILES string of the molecule is O=[N+]([O-])c1ccc(N=C(Cl)n2nnc3ccccc32)cc1. The van der Waals surface area contributed by atoms with Crippen LogP contribution in [0.4, 0.5) is 11.4 Å². The van der Waals surface area contributed by atoms with E-state index in [1.807, 2.05) is 24.3 Å². The summed E-state index contributed by atoms with van der Waals surface area (Å²) in [6, 6.07) is 13.1. The van der Waals surface area contributed by atoms with E-state index in [1.165, 1.54) is 28.9 Å². The van der Waals surface area contributed by atoms with Crippen LogP contribution in [0, 0.1) is 10.1 Å². The molecule has 0 atom stereocenters. The Morgan fingerprint density at radius 2 is 1.90 bits per heavy atom. The molecule has 7 nitrogen and oxygen atoms in total. The number of hydrogen-bond donors (Lipinski definition) is 0. The molecule has 0 N–H and O–H groups in total. The third-order valence-electron chi connectivity index (χ3n) is 2.81. The van der Waals surface area contributed by atoms with Crippen molar-refractivity contribution in [2.75, 3.05) is 0 Å². The molecule has 104 valence electrons. The second-order valence-electron chi connectivity index (χ2n) is 4.14. The van der Waals surface area contributed by atoms with Gasteiger partial charge in [0.15, 0.2) is 0 Å². The first-order valence-electron chi connectivity index (χ1n) is 5.94. The lowest BCUT2D eigenvalue weighted by molar-refractivity contribution is -0.384. The van der Waals surface area contributed by atoms with E-state index in [4.69, 9.17) is 11.6 Å². The van der Waals surface area contributed by atoms with Gasteiger partial charge in [0.05, 0.1) is 16.1 Å². The predicted molar refractivity (Wildman–Crippen MR) is 79.0 cm³/mol. The first kappa shape index (κ1) is 13.2. The number of benzene rings is 2. The average Bonchev–Trinajstić information content (AvgIpc) is 2.92. The molecule has 1 heterocycles. The van der Waals surface area contributed by atoms with Crippen LogP contribution in [0.15, 0.2) is 53.5 Å². The molecule has 1 aromatic heterocycles. The van der Waals surface area contributed by atoms with E-state index >= 15 is 0 Å². The van der Waals surface area contributed by atoms with E-state index < -0.39 is 4.92 Å². The van der Waals surface area contributed by atoms with Crippen LogP contribution in [-0.2, 0) is 0 Å². The van der Waals surface area contributed by atoms with Gasteiger partial charge < -0.3 is 0 Å². The lowest BCUT2D eigenvalue weighted by Crippen LogP contribution is -2.06. The molecule has 2 aromatic carbocycles. The highest BCUT2D eigenvalue weighted by atomic mass is 35.5. The van der Waals surface area contributed by atoms with Crippen molar-refractivity contribution in [2.45, 2.75) is 0 Å². The summed E-state index contributed by atoms with van der Waals surface area (Å²) in [5.74, 6) is 0. The summed E-state index contributed by atoms with van der Waals surface area (Å²) in [7, 11) is 0. The molecule has 0 saturated carbocycles. The highest BCUT2D eigenvalue weighted by Gasteiger charge is 2.08. The zero-order valence-electron chi connectivity index (χ0n) is 10.5. The fourth-order valence-corrected chi connectivity index (χ4v) is 2.03. The Hall–Kier alpha value is -2.80. The number of para-hydroxylation sites is 1. The molecular weight excluding hydrogens is 294 g/mol. The van der Waals surface area contributed by atoms with Gasteiger partial charge in [0, 0.05) is 12.1 Å². The van der Waals surface area contributed by atoms with Crippen LogP contribution in [0.1, 0.15) is 0 Å². The van der Waals surface area contributed by atoms with Crippen molar-refractivity contribution in [2.24, 2.45) is 4.99 Å². The van der Waals surface area contributed by atoms with Crippen LogP contribution in [0.3, 0.4) is 0 Å². The number of hydrogen-bond acceptors (Lipinski definition) is 5. The Labute approximate surface area is 123 Å². The maximum Gasteiger partial charge on any atom is 0.269 e. The molecule has 0 spiro atoms. The molecule has 0 aliphatic carbocycles. The van der Waals surface area contributed by atoms with E-state index in [9.17, 15) is 10.1 Å². The smallest absolute Gasteiger partial charge is 0.258 e. The Kier molecular flexibility index (Phi) is 3.33. The average molecular weight is 302 g/mol. The fraction of sp³-hybridized carbons (Fsp3) is 0. The first-order valence-corrected chi connectivity index (χ1v) is 6.32. The highest BCUT2D eigenvalue weighted by molar-refractivity contribution is 6.65. The molecule has 8 heteroatoms. The minimum atomic E-state index is -0.472. The van der Waals surface area contributed by atoms with Gasteiger partial charge in [0.25, 0.3) is 5.69 Å². The van der Waals surface area contributed by atoms with Gasteiger partial charge in [-0.2, -0.15) is 4.68 Å². The van der Waals surface area contributed by atoms with Gasteiger partial charge in [-0.1, -0.05) is 17.3 Å². The summed E-state index contributed by atoms with van der Waals surface area (Å²) in [6.45, 7) is 0. The van der Waals surface area contributed by atoms with Crippen molar-refractivity contribution in [3.8, 4) is 0 Å². The van der Waals surface area contributed by atoms with E-state index in [0.717, 1.165) is 5.52 Å². The van der Waals surface area contributed by atoms with Crippen molar-refractivity contribution in [1.29, 1.82) is 0 Å².